The Morgan fingerprint density at radius 1 is 1.00 bits per heavy atom. The highest BCUT2D eigenvalue weighted by Gasteiger charge is 2.29. The van der Waals surface area contributed by atoms with Gasteiger partial charge in [-0.25, -0.2) is 0 Å². The highest BCUT2D eigenvalue weighted by atomic mass is 35.5. The molecule has 0 bridgehead atoms. The molecule has 2 aromatic rings. The van der Waals surface area contributed by atoms with Crippen molar-refractivity contribution >= 4 is 46.6 Å². The highest BCUT2D eigenvalue weighted by Crippen LogP contribution is 2.27. The van der Waals surface area contributed by atoms with Gasteiger partial charge in [0.05, 0.1) is 6.42 Å². The van der Waals surface area contributed by atoms with Crippen molar-refractivity contribution < 1.29 is 9.59 Å². The summed E-state index contributed by atoms with van der Waals surface area (Å²) >= 11 is 18.9. The predicted molar refractivity (Wildman–Crippen MR) is 122 cm³/mol. The van der Waals surface area contributed by atoms with Crippen LogP contribution in [0.4, 0.5) is 0 Å². The van der Waals surface area contributed by atoms with Crippen LogP contribution in [0.2, 0.25) is 15.1 Å². The van der Waals surface area contributed by atoms with Crippen LogP contribution in [0.15, 0.2) is 42.5 Å². The molecule has 3 rings (SSSR count). The van der Waals surface area contributed by atoms with Crippen LogP contribution in [0.1, 0.15) is 43.7 Å². The van der Waals surface area contributed by atoms with Gasteiger partial charge < -0.3 is 10.2 Å². The number of halogens is 3. The van der Waals surface area contributed by atoms with E-state index >= 15 is 0 Å². The second-order valence-corrected chi connectivity index (χ2v) is 8.88. The molecular formula is C23H25Cl3N2O2. The van der Waals surface area contributed by atoms with Crippen LogP contribution in [-0.2, 0) is 22.6 Å². The van der Waals surface area contributed by atoms with Crippen molar-refractivity contribution in [2.45, 2.75) is 57.7 Å². The molecule has 1 atom stereocenters. The first-order valence-corrected chi connectivity index (χ1v) is 11.3. The van der Waals surface area contributed by atoms with Crippen molar-refractivity contribution in [1.82, 2.24) is 10.2 Å². The quantitative estimate of drug-likeness (QED) is 0.571. The molecule has 0 aromatic heterocycles. The summed E-state index contributed by atoms with van der Waals surface area (Å²) in [5.41, 5.74) is 1.33. The lowest BCUT2D eigenvalue weighted by molar-refractivity contribution is -0.140. The molecular weight excluding hydrogens is 443 g/mol. The Kier molecular flexibility index (Phi) is 8.04. The highest BCUT2D eigenvalue weighted by molar-refractivity contribution is 6.36. The van der Waals surface area contributed by atoms with E-state index in [9.17, 15) is 9.59 Å². The molecule has 1 aliphatic carbocycles. The predicted octanol–water partition coefficient (Wildman–Crippen LogP) is 5.67. The normalized spacial score (nSPS) is 15.1. The number of amides is 2. The third-order valence-electron chi connectivity index (χ3n) is 5.56. The fraction of sp³-hybridized carbons (Fsp3) is 0.391. The lowest BCUT2D eigenvalue weighted by Gasteiger charge is -2.30. The first-order valence-electron chi connectivity index (χ1n) is 10.1. The minimum Gasteiger partial charge on any atom is -0.352 e. The molecule has 4 nitrogen and oxygen atoms in total. The number of nitrogens with one attached hydrogen (secondary N) is 1. The van der Waals surface area contributed by atoms with E-state index in [1.165, 1.54) is 4.90 Å². The fourth-order valence-electron chi connectivity index (χ4n) is 3.73. The molecule has 0 heterocycles. The molecule has 1 unspecified atom stereocenters. The fourth-order valence-corrected chi connectivity index (χ4v) is 4.45. The van der Waals surface area contributed by atoms with Gasteiger partial charge in [-0.1, -0.05) is 71.9 Å². The van der Waals surface area contributed by atoms with Gasteiger partial charge >= 0.3 is 0 Å². The Hall–Kier alpha value is -1.75. The smallest absolute Gasteiger partial charge is 0.242 e. The molecule has 0 saturated heterocycles. The standard InChI is InChI=1S/C23H25Cl3N2O2/c1-15(23(30)27-17-8-3-4-9-17)28(14-18-20(25)11-6-12-21(18)26)22(29)13-16-7-2-5-10-19(16)24/h2,5-7,10-12,15,17H,3-4,8-9,13-14H2,1H3,(H,27,30). The topological polar surface area (TPSA) is 49.4 Å². The van der Waals surface area contributed by atoms with Crippen molar-refractivity contribution in [2.24, 2.45) is 0 Å². The summed E-state index contributed by atoms with van der Waals surface area (Å²) < 4.78 is 0. The van der Waals surface area contributed by atoms with Crippen LogP contribution in [0.5, 0.6) is 0 Å². The Labute approximate surface area is 192 Å². The van der Waals surface area contributed by atoms with Crippen molar-refractivity contribution in [1.29, 1.82) is 0 Å². The number of rotatable bonds is 7. The average Bonchev–Trinajstić information content (AvgIpc) is 3.22. The second kappa shape index (κ2) is 10.5. The summed E-state index contributed by atoms with van der Waals surface area (Å²) in [4.78, 5) is 27.7. The average molecular weight is 468 g/mol. The summed E-state index contributed by atoms with van der Waals surface area (Å²) in [6.45, 7) is 1.88. The number of benzene rings is 2. The van der Waals surface area contributed by atoms with E-state index < -0.39 is 6.04 Å². The zero-order valence-electron chi connectivity index (χ0n) is 16.8. The van der Waals surface area contributed by atoms with Gasteiger partial charge in [-0.2, -0.15) is 0 Å². The van der Waals surface area contributed by atoms with Gasteiger partial charge in [-0.05, 0) is 43.5 Å². The third kappa shape index (κ3) is 5.69. The van der Waals surface area contributed by atoms with Crippen LogP contribution in [0, 0.1) is 0 Å². The van der Waals surface area contributed by atoms with Crippen LogP contribution in [0.25, 0.3) is 0 Å². The van der Waals surface area contributed by atoms with Crippen molar-refractivity contribution in [3.8, 4) is 0 Å². The first-order chi connectivity index (χ1) is 14.4. The van der Waals surface area contributed by atoms with E-state index in [0.29, 0.717) is 26.2 Å². The Morgan fingerprint density at radius 3 is 2.23 bits per heavy atom. The summed E-state index contributed by atoms with van der Waals surface area (Å²) in [5.74, 6) is -0.384. The number of carbonyl (C=O) groups excluding carboxylic acids is 2. The SMILES string of the molecule is CC(C(=O)NC1CCCC1)N(Cc1c(Cl)cccc1Cl)C(=O)Cc1ccccc1Cl. The maximum Gasteiger partial charge on any atom is 0.242 e. The summed E-state index contributed by atoms with van der Waals surface area (Å²) in [6.07, 6.45) is 4.26. The number of carbonyl (C=O) groups is 2. The molecule has 1 aliphatic rings. The van der Waals surface area contributed by atoms with Crippen LogP contribution < -0.4 is 5.32 Å². The van der Waals surface area contributed by atoms with Gasteiger partial charge in [0.15, 0.2) is 0 Å². The van der Waals surface area contributed by atoms with Crippen molar-refractivity contribution in [3.63, 3.8) is 0 Å². The lowest BCUT2D eigenvalue weighted by atomic mass is 10.1. The molecule has 0 spiro atoms. The van der Waals surface area contributed by atoms with Crippen molar-refractivity contribution in [2.75, 3.05) is 0 Å². The Balaban J connectivity index is 1.84. The molecule has 160 valence electrons. The second-order valence-electron chi connectivity index (χ2n) is 7.66. The number of hydrogen-bond donors (Lipinski definition) is 1. The first kappa shape index (κ1) is 22.9. The van der Waals surface area contributed by atoms with E-state index in [4.69, 9.17) is 34.8 Å². The molecule has 0 radical (unpaired) electrons. The molecule has 1 fully saturated rings. The van der Waals surface area contributed by atoms with Gasteiger partial charge in [-0.15, -0.1) is 0 Å². The van der Waals surface area contributed by atoms with E-state index in [-0.39, 0.29) is 30.8 Å². The third-order valence-corrected chi connectivity index (χ3v) is 6.64. The zero-order chi connectivity index (χ0) is 21.7. The summed E-state index contributed by atoms with van der Waals surface area (Å²) in [5, 5.41) is 4.52. The van der Waals surface area contributed by atoms with Crippen LogP contribution in [0.3, 0.4) is 0 Å². The number of hydrogen-bond acceptors (Lipinski definition) is 2. The van der Waals surface area contributed by atoms with Crippen molar-refractivity contribution in [3.05, 3.63) is 68.7 Å². The maximum absolute atomic E-state index is 13.3. The molecule has 1 N–H and O–H groups in total. The van der Waals surface area contributed by atoms with E-state index in [1.54, 1.807) is 31.2 Å². The van der Waals surface area contributed by atoms with E-state index in [2.05, 4.69) is 5.32 Å². The minimum absolute atomic E-state index is 0.0861. The number of nitrogens with zero attached hydrogens (tertiary/aromatic N) is 1. The van der Waals surface area contributed by atoms with Crippen LogP contribution in [-0.4, -0.2) is 28.8 Å². The maximum atomic E-state index is 13.3. The lowest BCUT2D eigenvalue weighted by Crippen LogP contribution is -2.50. The molecule has 2 amide bonds. The molecule has 7 heteroatoms. The molecule has 2 aromatic carbocycles. The molecule has 1 saturated carbocycles. The molecule has 0 aliphatic heterocycles. The van der Waals surface area contributed by atoms with Gasteiger partial charge in [0, 0.05) is 33.2 Å². The Bertz CT molecular complexity index is 893. The van der Waals surface area contributed by atoms with Gasteiger partial charge in [0.2, 0.25) is 11.8 Å². The Morgan fingerprint density at radius 2 is 1.60 bits per heavy atom. The zero-order valence-corrected chi connectivity index (χ0v) is 19.1. The van der Waals surface area contributed by atoms with Gasteiger partial charge in [0.25, 0.3) is 0 Å². The van der Waals surface area contributed by atoms with Gasteiger partial charge in [-0.3, -0.25) is 9.59 Å². The molecule has 30 heavy (non-hydrogen) atoms. The minimum atomic E-state index is -0.673. The monoisotopic (exact) mass is 466 g/mol. The van der Waals surface area contributed by atoms with Crippen LogP contribution >= 0.6 is 34.8 Å². The summed E-state index contributed by atoms with van der Waals surface area (Å²) in [6, 6.07) is 11.9. The van der Waals surface area contributed by atoms with E-state index in [1.807, 2.05) is 18.2 Å². The summed E-state index contributed by atoms with van der Waals surface area (Å²) in [7, 11) is 0. The van der Waals surface area contributed by atoms with E-state index in [0.717, 1.165) is 25.7 Å². The largest absolute Gasteiger partial charge is 0.352 e. The van der Waals surface area contributed by atoms with Gasteiger partial charge in [0.1, 0.15) is 6.04 Å².